The highest BCUT2D eigenvalue weighted by Crippen LogP contribution is 2.21. The van der Waals surface area contributed by atoms with Crippen LogP contribution in [0.5, 0.6) is 5.75 Å². The predicted octanol–water partition coefficient (Wildman–Crippen LogP) is 1.13. The monoisotopic (exact) mass is 234 g/mol. The van der Waals surface area contributed by atoms with Gasteiger partial charge in [0.25, 0.3) is 5.91 Å². The molecule has 1 N–H and O–H groups in total. The molecule has 0 radical (unpaired) electrons. The van der Waals surface area contributed by atoms with Crippen molar-refractivity contribution in [3.8, 4) is 5.75 Å². The molecule has 2 rings (SSSR count). The second-order valence-electron chi connectivity index (χ2n) is 4.23. The highest BCUT2D eigenvalue weighted by molar-refractivity contribution is 5.95. The van der Waals surface area contributed by atoms with Gasteiger partial charge < -0.3 is 15.0 Å². The van der Waals surface area contributed by atoms with Crippen molar-refractivity contribution >= 4 is 5.91 Å². The molecule has 17 heavy (non-hydrogen) atoms. The Labute approximate surface area is 102 Å². The number of benzene rings is 1. The van der Waals surface area contributed by atoms with Gasteiger partial charge in [-0.3, -0.25) is 4.79 Å². The number of rotatable bonds is 4. The summed E-state index contributed by atoms with van der Waals surface area (Å²) in [6, 6.07) is 7.61. The van der Waals surface area contributed by atoms with Gasteiger partial charge in [0.05, 0.1) is 7.11 Å². The van der Waals surface area contributed by atoms with Gasteiger partial charge >= 0.3 is 0 Å². The van der Waals surface area contributed by atoms with Crippen molar-refractivity contribution in [2.24, 2.45) is 0 Å². The maximum Gasteiger partial charge on any atom is 0.254 e. The fraction of sp³-hybridized carbons (Fsp3) is 0.462. The van der Waals surface area contributed by atoms with Crippen molar-refractivity contribution in [1.29, 1.82) is 0 Å². The predicted molar refractivity (Wildman–Crippen MR) is 66.4 cm³/mol. The Morgan fingerprint density at radius 2 is 2.18 bits per heavy atom. The number of nitrogens with one attached hydrogen (secondary N) is 1. The third-order valence-electron chi connectivity index (χ3n) is 3.18. The lowest BCUT2D eigenvalue weighted by Gasteiger charge is -2.41. The van der Waals surface area contributed by atoms with Gasteiger partial charge in [-0.15, -0.1) is 0 Å². The van der Waals surface area contributed by atoms with Crippen molar-refractivity contribution in [2.75, 3.05) is 27.2 Å². The number of amides is 1. The molecule has 1 aliphatic rings. The van der Waals surface area contributed by atoms with Gasteiger partial charge in [0, 0.05) is 24.7 Å². The lowest BCUT2D eigenvalue weighted by atomic mass is 10.0. The average Bonchev–Trinajstić information content (AvgIpc) is 2.34. The Hall–Kier alpha value is -1.55. The Morgan fingerprint density at radius 3 is 2.65 bits per heavy atom. The van der Waals surface area contributed by atoms with E-state index in [1.165, 1.54) is 0 Å². The first-order valence-electron chi connectivity index (χ1n) is 5.86. The Morgan fingerprint density at radius 1 is 1.47 bits per heavy atom. The van der Waals surface area contributed by atoms with Crippen molar-refractivity contribution in [2.45, 2.75) is 12.5 Å². The number of likely N-dealkylation sites (N-methyl/N-ethyl adjacent to an activating group) is 1. The smallest absolute Gasteiger partial charge is 0.254 e. The quantitative estimate of drug-likeness (QED) is 0.849. The van der Waals surface area contributed by atoms with E-state index in [0.717, 1.165) is 30.8 Å². The van der Waals surface area contributed by atoms with Crippen LogP contribution in [0.15, 0.2) is 24.3 Å². The Balaban J connectivity index is 2.03. The van der Waals surface area contributed by atoms with Crippen molar-refractivity contribution in [3.63, 3.8) is 0 Å². The van der Waals surface area contributed by atoms with Crippen LogP contribution in [0.4, 0.5) is 0 Å². The number of carbonyl (C=O) groups is 1. The zero-order valence-electron chi connectivity index (χ0n) is 10.3. The molecule has 1 unspecified atom stereocenters. The van der Waals surface area contributed by atoms with E-state index in [4.69, 9.17) is 4.74 Å². The highest BCUT2D eigenvalue weighted by atomic mass is 16.5. The third-order valence-corrected chi connectivity index (χ3v) is 3.18. The number of nitrogens with zero attached hydrogens (tertiary/aromatic N) is 1. The summed E-state index contributed by atoms with van der Waals surface area (Å²) >= 11 is 0. The van der Waals surface area contributed by atoms with E-state index in [1.54, 1.807) is 7.11 Å². The van der Waals surface area contributed by atoms with E-state index < -0.39 is 0 Å². The first-order valence-corrected chi connectivity index (χ1v) is 5.86. The number of ether oxygens (including phenoxy) is 1. The molecule has 4 nitrogen and oxygen atoms in total. The van der Waals surface area contributed by atoms with Crippen LogP contribution in [-0.2, 0) is 0 Å². The van der Waals surface area contributed by atoms with Crippen LogP contribution in [0.2, 0.25) is 0 Å². The fourth-order valence-electron chi connectivity index (χ4n) is 2.06. The van der Waals surface area contributed by atoms with E-state index in [9.17, 15) is 4.79 Å². The molecule has 1 aromatic rings. The number of likely N-dealkylation sites (tertiary alicyclic amines) is 1. The third kappa shape index (κ3) is 2.42. The van der Waals surface area contributed by atoms with Crippen molar-refractivity contribution in [1.82, 2.24) is 10.2 Å². The van der Waals surface area contributed by atoms with Crippen LogP contribution >= 0.6 is 0 Å². The molecule has 0 aliphatic carbocycles. The van der Waals surface area contributed by atoms with Gasteiger partial charge in [-0.2, -0.15) is 0 Å². The van der Waals surface area contributed by atoms with Crippen LogP contribution in [0.1, 0.15) is 16.8 Å². The lowest BCUT2D eigenvalue weighted by molar-refractivity contribution is 0.0468. The van der Waals surface area contributed by atoms with Crippen molar-refractivity contribution in [3.05, 3.63) is 29.8 Å². The minimum atomic E-state index is 0.110. The molecule has 0 saturated carbocycles. The summed E-state index contributed by atoms with van der Waals surface area (Å²) in [6.07, 6.45) is 1.09. The molecule has 1 atom stereocenters. The first kappa shape index (κ1) is 11.9. The molecular weight excluding hydrogens is 216 g/mol. The van der Waals surface area contributed by atoms with E-state index in [-0.39, 0.29) is 5.91 Å². The first-order chi connectivity index (χ1) is 8.26. The van der Waals surface area contributed by atoms with Gasteiger partial charge in [0.15, 0.2) is 0 Å². The van der Waals surface area contributed by atoms with E-state index in [1.807, 2.05) is 36.2 Å². The molecule has 1 heterocycles. The topological polar surface area (TPSA) is 41.6 Å². The standard InChI is InChI=1S/C13H18N2O2/c1-14-9-11-7-8-15(11)13(16)10-3-5-12(17-2)6-4-10/h3-6,11,14H,7-9H2,1-2H3. The molecule has 1 aromatic carbocycles. The van der Waals surface area contributed by atoms with Gasteiger partial charge in [0.1, 0.15) is 5.75 Å². The number of hydrogen-bond acceptors (Lipinski definition) is 3. The second kappa shape index (κ2) is 5.19. The molecule has 0 bridgehead atoms. The normalized spacial score (nSPS) is 18.7. The van der Waals surface area contributed by atoms with Crippen LogP contribution < -0.4 is 10.1 Å². The molecule has 1 amide bonds. The maximum absolute atomic E-state index is 12.2. The fourth-order valence-corrected chi connectivity index (χ4v) is 2.06. The minimum absolute atomic E-state index is 0.110. The summed E-state index contributed by atoms with van der Waals surface area (Å²) in [5.41, 5.74) is 0.728. The van der Waals surface area contributed by atoms with E-state index in [0.29, 0.717) is 6.04 Å². The molecule has 0 spiro atoms. The summed E-state index contributed by atoms with van der Waals surface area (Å²) in [7, 11) is 3.53. The zero-order valence-corrected chi connectivity index (χ0v) is 10.3. The minimum Gasteiger partial charge on any atom is -0.497 e. The van der Waals surface area contributed by atoms with Gasteiger partial charge in [-0.05, 0) is 37.7 Å². The molecule has 0 aromatic heterocycles. The molecule has 1 aliphatic heterocycles. The van der Waals surface area contributed by atoms with Crippen LogP contribution in [0.25, 0.3) is 0 Å². The molecule has 4 heteroatoms. The lowest BCUT2D eigenvalue weighted by Crippen LogP contribution is -2.54. The molecular formula is C13H18N2O2. The summed E-state index contributed by atoms with van der Waals surface area (Å²) in [4.78, 5) is 14.1. The zero-order chi connectivity index (χ0) is 12.3. The average molecular weight is 234 g/mol. The second-order valence-corrected chi connectivity index (χ2v) is 4.23. The highest BCUT2D eigenvalue weighted by Gasteiger charge is 2.31. The van der Waals surface area contributed by atoms with E-state index >= 15 is 0 Å². The Kier molecular flexibility index (Phi) is 3.64. The summed E-state index contributed by atoms with van der Waals surface area (Å²) in [6.45, 7) is 1.72. The van der Waals surface area contributed by atoms with Gasteiger partial charge in [-0.1, -0.05) is 0 Å². The largest absolute Gasteiger partial charge is 0.497 e. The van der Waals surface area contributed by atoms with Gasteiger partial charge in [0.2, 0.25) is 0 Å². The maximum atomic E-state index is 12.2. The van der Waals surface area contributed by atoms with Crippen LogP contribution in [0, 0.1) is 0 Å². The Bertz CT molecular complexity index is 389. The van der Waals surface area contributed by atoms with Crippen molar-refractivity contribution < 1.29 is 9.53 Å². The number of hydrogen-bond donors (Lipinski definition) is 1. The van der Waals surface area contributed by atoms with E-state index in [2.05, 4.69) is 5.32 Å². The molecule has 92 valence electrons. The van der Waals surface area contributed by atoms with Crippen LogP contribution in [-0.4, -0.2) is 44.1 Å². The molecule has 1 fully saturated rings. The number of methoxy groups -OCH3 is 1. The summed E-state index contributed by atoms with van der Waals surface area (Å²) in [5.74, 6) is 0.885. The van der Waals surface area contributed by atoms with Crippen LogP contribution in [0.3, 0.4) is 0 Å². The SMILES string of the molecule is CNCC1CCN1C(=O)c1ccc(OC)cc1. The molecule has 1 saturated heterocycles. The summed E-state index contributed by atoms with van der Waals surface area (Å²) < 4.78 is 5.07. The number of carbonyl (C=O) groups excluding carboxylic acids is 1. The van der Waals surface area contributed by atoms with Gasteiger partial charge in [-0.25, -0.2) is 0 Å². The summed E-state index contributed by atoms with van der Waals surface area (Å²) in [5, 5.41) is 3.11.